The summed E-state index contributed by atoms with van der Waals surface area (Å²) in [5.41, 5.74) is -0.392. The molecule has 0 amide bonds. The first kappa shape index (κ1) is 9.04. The lowest BCUT2D eigenvalue weighted by molar-refractivity contribution is -0.162. The summed E-state index contributed by atoms with van der Waals surface area (Å²) in [6.07, 6.45) is 7.03. The summed E-state index contributed by atoms with van der Waals surface area (Å²) in [7, 11) is 0. The molecule has 0 bridgehead atoms. The Morgan fingerprint density at radius 2 is 1.54 bits per heavy atom. The van der Waals surface area contributed by atoms with E-state index >= 15 is 0 Å². The van der Waals surface area contributed by atoms with Crippen molar-refractivity contribution in [2.45, 2.75) is 45.4 Å². The first-order valence-electron chi connectivity index (χ1n) is 5.39. The van der Waals surface area contributed by atoms with Crippen molar-refractivity contribution in [3.05, 3.63) is 0 Å². The van der Waals surface area contributed by atoms with E-state index in [4.69, 9.17) is 0 Å². The second kappa shape index (κ2) is 3.00. The molecule has 2 heteroatoms. The minimum absolute atomic E-state index is 0.392. The van der Waals surface area contributed by atoms with Gasteiger partial charge in [0, 0.05) is 0 Å². The van der Waals surface area contributed by atoms with Crippen molar-refractivity contribution < 1.29 is 9.90 Å². The maximum absolute atomic E-state index is 11.3. The molecule has 0 radical (unpaired) electrons. The number of carbonyl (C=O) groups is 1. The van der Waals surface area contributed by atoms with E-state index < -0.39 is 11.4 Å². The van der Waals surface area contributed by atoms with Gasteiger partial charge in [-0.1, -0.05) is 12.8 Å². The predicted octanol–water partition coefficient (Wildman–Crippen LogP) is 2.68. The standard InChI is InChI=1S/C11H18O2/c1-11(10(12)13,8-4-2-5-8)9-6-3-7-9/h8-9H,2-7H2,1H3,(H,12,13). The maximum Gasteiger partial charge on any atom is 0.309 e. The van der Waals surface area contributed by atoms with Gasteiger partial charge in [0.2, 0.25) is 0 Å². The van der Waals surface area contributed by atoms with Crippen molar-refractivity contribution in [3.63, 3.8) is 0 Å². The average molecular weight is 182 g/mol. The molecular weight excluding hydrogens is 164 g/mol. The Hall–Kier alpha value is -0.530. The fourth-order valence-electron chi connectivity index (χ4n) is 2.70. The zero-order chi connectivity index (χ0) is 9.47. The Kier molecular flexibility index (Phi) is 2.09. The van der Waals surface area contributed by atoms with Crippen molar-refractivity contribution in [1.29, 1.82) is 0 Å². The van der Waals surface area contributed by atoms with Crippen LogP contribution in [-0.2, 0) is 4.79 Å². The lowest BCUT2D eigenvalue weighted by atomic mass is 9.55. The van der Waals surface area contributed by atoms with Crippen LogP contribution in [0.2, 0.25) is 0 Å². The van der Waals surface area contributed by atoms with E-state index in [1.165, 1.54) is 12.8 Å². The fraction of sp³-hybridized carbons (Fsp3) is 0.909. The van der Waals surface area contributed by atoms with Crippen LogP contribution in [0.25, 0.3) is 0 Å². The molecule has 0 aromatic rings. The van der Waals surface area contributed by atoms with Crippen LogP contribution in [0.15, 0.2) is 0 Å². The van der Waals surface area contributed by atoms with Crippen molar-refractivity contribution >= 4 is 5.97 Å². The van der Waals surface area contributed by atoms with Crippen LogP contribution in [0.1, 0.15) is 45.4 Å². The number of aliphatic carboxylic acids is 1. The lowest BCUT2D eigenvalue weighted by Gasteiger charge is -2.48. The molecule has 2 aliphatic rings. The Labute approximate surface area is 79.3 Å². The van der Waals surface area contributed by atoms with Gasteiger partial charge in [0.05, 0.1) is 5.41 Å². The average Bonchev–Trinajstić information content (AvgIpc) is 1.77. The zero-order valence-electron chi connectivity index (χ0n) is 8.25. The van der Waals surface area contributed by atoms with Gasteiger partial charge >= 0.3 is 5.97 Å². The summed E-state index contributed by atoms with van der Waals surface area (Å²) in [4.78, 5) is 11.3. The Balaban J connectivity index is 2.12. The Morgan fingerprint density at radius 1 is 1.15 bits per heavy atom. The molecule has 0 unspecified atom stereocenters. The lowest BCUT2D eigenvalue weighted by Crippen LogP contribution is -2.47. The van der Waals surface area contributed by atoms with Crippen LogP contribution in [0.3, 0.4) is 0 Å². The summed E-state index contributed by atoms with van der Waals surface area (Å²) < 4.78 is 0. The molecule has 1 N–H and O–H groups in total. The highest BCUT2D eigenvalue weighted by Crippen LogP contribution is 2.52. The molecule has 2 saturated carbocycles. The van der Waals surface area contributed by atoms with Crippen LogP contribution in [0.4, 0.5) is 0 Å². The molecule has 2 aliphatic carbocycles. The number of hydrogen-bond acceptors (Lipinski definition) is 1. The van der Waals surface area contributed by atoms with Crippen molar-refractivity contribution in [2.24, 2.45) is 17.3 Å². The molecular formula is C11H18O2. The zero-order valence-corrected chi connectivity index (χ0v) is 8.25. The van der Waals surface area contributed by atoms with Gasteiger partial charge < -0.3 is 5.11 Å². The smallest absolute Gasteiger partial charge is 0.309 e. The summed E-state index contributed by atoms with van der Waals surface area (Å²) in [5.74, 6) is 0.382. The summed E-state index contributed by atoms with van der Waals surface area (Å²) in [6.45, 7) is 1.98. The topological polar surface area (TPSA) is 37.3 Å². The van der Waals surface area contributed by atoms with Gasteiger partial charge in [0.15, 0.2) is 0 Å². The van der Waals surface area contributed by atoms with E-state index in [1.807, 2.05) is 6.92 Å². The molecule has 0 heterocycles. The van der Waals surface area contributed by atoms with E-state index in [0.29, 0.717) is 11.8 Å². The van der Waals surface area contributed by atoms with E-state index in [1.54, 1.807) is 0 Å². The quantitative estimate of drug-likeness (QED) is 0.728. The highest BCUT2D eigenvalue weighted by atomic mass is 16.4. The second-order valence-corrected chi connectivity index (χ2v) is 4.84. The van der Waals surface area contributed by atoms with Gasteiger partial charge in [-0.3, -0.25) is 4.79 Å². The van der Waals surface area contributed by atoms with Crippen LogP contribution >= 0.6 is 0 Å². The Morgan fingerprint density at radius 3 is 1.69 bits per heavy atom. The van der Waals surface area contributed by atoms with Crippen molar-refractivity contribution in [3.8, 4) is 0 Å². The van der Waals surface area contributed by atoms with E-state index in [0.717, 1.165) is 25.7 Å². The molecule has 2 fully saturated rings. The van der Waals surface area contributed by atoms with Crippen LogP contribution in [0.5, 0.6) is 0 Å². The van der Waals surface area contributed by atoms with E-state index in [9.17, 15) is 9.90 Å². The molecule has 0 saturated heterocycles. The highest BCUT2D eigenvalue weighted by Gasteiger charge is 2.51. The third kappa shape index (κ3) is 1.18. The van der Waals surface area contributed by atoms with Gasteiger partial charge in [0.25, 0.3) is 0 Å². The number of rotatable bonds is 3. The van der Waals surface area contributed by atoms with Gasteiger partial charge in [-0.2, -0.15) is 0 Å². The third-order valence-electron chi connectivity index (χ3n) is 4.37. The first-order valence-corrected chi connectivity index (χ1v) is 5.39. The largest absolute Gasteiger partial charge is 0.481 e. The molecule has 13 heavy (non-hydrogen) atoms. The molecule has 0 aromatic heterocycles. The Bertz CT molecular complexity index is 200. The molecule has 2 nitrogen and oxygen atoms in total. The summed E-state index contributed by atoms with van der Waals surface area (Å²) in [5, 5.41) is 9.30. The number of hydrogen-bond donors (Lipinski definition) is 1. The van der Waals surface area contributed by atoms with Gasteiger partial charge in [-0.15, -0.1) is 0 Å². The van der Waals surface area contributed by atoms with Crippen LogP contribution < -0.4 is 0 Å². The first-order chi connectivity index (χ1) is 6.15. The van der Waals surface area contributed by atoms with E-state index in [-0.39, 0.29) is 0 Å². The molecule has 0 spiro atoms. The monoisotopic (exact) mass is 182 g/mol. The van der Waals surface area contributed by atoms with Gasteiger partial charge in [-0.05, 0) is 44.4 Å². The van der Waals surface area contributed by atoms with Gasteiger partial charge in [0.1, 0.15) is 0 Å². The molecule has 74 valence electrons. The molecule has 0 atom stereocenters. The summed E-state index contributed by atoms with van der Waals surface area (Å²) >= 11 is 0. The SMILES string of the molecule is CC(C(=O)O)(C1CCC1)C1CCC1. The molecule has 0 aliphatic heterocycles. The highest BCUT2D eigenvalue weighted by molar-refractivity contribution is 5.75. The predicted molar refractivity (Wildman–Crippen MR) is 50.4 cm³/mol. The minimum atomic E-state index is -0.554. The van der Waals surface area contributed by atoms with Gasteiger partial charge in [-0.25, -0.2) is 0 Å². The normalized spacial score (nSPS) is 25.0. The number of carboxylic acids is 1. The maximum atomic E-state index is 11.3. The molecule has 2 rings (SSSR count). The van der Waals surface area contributed by atoms with Crippen molar-refractivity contribution in [1.82, 2.24) is 0 Å². The minimum Gasteiger partial charge on any atom is -0.481 e. The number of carboxylic acid groups (broad SMARTS) is 1. The van der Waals surface area contributed by atoms with Crippen LogP contribution in [0, 0.1) is 17.3 Å². The van der Waals surface area contributed by atoms with Crippen LogP contribution in [-0.4, -0.2) is 11.1 Å². The van der Waals surface area contributed by atoms with Crippen molar-refractivity contribution in [2.75, 3.05) is 0 Å². The van der Waals surface area contributed by atoms with E-state index in [2.05, 4.69) is 0 Å². The molecule has 0 aromatic carbocycles. The second-order valence-electron chi connectivity index (χ2n) is 4.84. The fourth-order valence-corrected chi connectivity index (χ4v) is 2.70. The summed E-state index contributed by atoms with van der Waals surface area (Å²) in [6, 6.07) is 0. The third-order valence-corrected chi connectivity index (χ3v) is 4.37.